The number of benzene rings is 1. The summed E-state index contributed by atoms with van der Waals surface area (Å²) in [6.07, 6.45) is 1.74. The zero-order valence-corrected chi connectivity index (χ0v) is 22.3. The fourth-order valence-corrected chi connectivity index (χ4v) is 6.17. The molecule has 0 fully saturated rings. The molecule has 8 nitrogen and oxygen atoms in total. The fraction of sp³-hybridized carbons (Fsp3) is 0.250. The molecule has 0 amide bonds. The molecule has 0 aliphatic carbocycles. The summed E-state index contributed by atoms with van der Waals surface area (Å²) in [4.78, 5) is 32.4. The van der Waals surface area contributed by atoms with Gasteiger partial charge < -0.3 is 14.2 Å². The number of carbonyl (C=O) groups is 1. The normalized spacial score (nSPS) is 15.3. The molecular formula is C24H20BrN3O5S2. The molecule has 180 valence electrons. The van der Waals surface area contributed by atoms with Gasteiger partial charge in [0.15, 0.2) is 22.9 Å². The number of halogens is 1. The number of aromatic nitrogens is 1. The fourth-order valence-electron chi connectivity index (χ4n) is 3.73. The zero-order chi connectivity index (χ0) is 25.1. The Morgan fingerprint density at radius 3 is 2.86 bits per heavy atom. The molecule has 0 saturated heterocycles. The van der Waals surface area contributed by atoms with Gasteiger partial charge in [-0.05, 0) is 65.0 Å². The van der Waals surface area contributed by atoms with E-state index < -0.39 is 12.0 Å². The minimum Gasteiger partial charge on any atom is -0.493 e. The second kappa shape index (κ2) is 10.6. The Hall–Kier alpha value is -3.20. The quantitative estimate of drug-likeness (QED) is 0.400. The van der Waals surface area contributed by atoms with Crippen LogP contribution in [0.4, 0.5) is 0 Å². The van der Waals surface area contributed by atoms with Crippen LogP contribution in [0.25, 0.3) is 6.08 Å². The molecule has 0 unspecified atom stereocenters. The number of hydrogen-bond donors (Lipinski definition) is 0. The molecule has 0 spiro atoms. The van der Waals surface area contributed by atoms with Crippen LogP contribution in [0, 0.1) is 11.3 Å². The predicted octanol–water partition coefficient (Wildman–Crippen LogP) is 3.53. The Kier molecular flexibility index (Phi) is 7.54. The third-order valence-electron chi connectivity index (χ3n) is 5.16. The van der Waals surface area contributed by atoms with Crippen LogP contribution >= 0.6 is 38.6 Å². The summed E-state index contributed by atoms with van der Waals surface area (Å²) >= 11 is 6.16. The summed E-state index contributed by atoms with van der Waals surface area (Å²) < 4.78 is 18.7. The summed E-state index contributed by atoms with van der Waals surface area (Å²) in [5.41, 5.74) is 1.31. The number of nitriles is 1. The van der Waals surface area contributed by atoms with E-state index >= 15 is 0 Å². The summed E-state index contributed by atoms with van der Waals surface area (Å²) in [6.45, 7) is 3.60. The Labute approximate surface area is 217 Å². The molecule has 0 bridgehead atoms. The number of thiazole rings is 1. The summed E-state index contributed by atoms with van der Waals surface area (Å²) in [7, 11) is 1.50. The highest BCUT2D eigenvalue weighted by molar-refractivity contribution is 9.10. The number of allylic oxidation sites excluding steroid dienone is 1. The first kappa shape index (κ1) is 24.9. The average Bonchev–Trinajstić information content (AvgIpc) is 3.46. The van der Waals surface area contributed by atoms with Gasteiger partial charge in [-0.1, -0.05) is 17.4 Å². The summed E-state index contributed by atoms with van der Waals surface area (Å²) in [5, 5.41) is 10.7. The lowest BCUT2D eigenvalue weighted by molar-refractivity contribution is -0.139. The van der Waals surface area contributed by atoms with E-state index in [4.69, 9.17) is 19.5 Å². The van der Waals surface area contributed by atoms with E-state index in [1.807, 2.05) is 23.6 Å². The number of nitrogens with zero attached hydrogens (tertiary/aromatic N) is 3. The van der Waals surface area contributed by atoms with Gasteiger partial charge in [-0.3, -0.25) is 9.36 Å². The third-order valence-corrected chi connectivity index (χ3v) is 7.66. The predicted molar refractivity (Wildman–Crippen MR) is 137 cm³/mol. The van der Waals surface area contributed by atoms with Crippen LogP contribution in [-0.2, 0) is 9.53 Å². The smallest absolute Gasteiger partial charge is 0.338 e. The Morgan fingerprint density at radius 1 is 1.40 bits per heavy atom. The third kappa shape index (κ3) is 4.82. The number of esters is 1. The topological polar surface area (TPSA) is 103 Å². The van der Waals surface area contributed by atoms with Crippen molar-refractivity contribution in [3.63, 3.8) is 0 Å². The molecule has 1 atom stereocenters. The number of methoxy groups -OCH3 is 1. The number of rotatable bonds is 7. The average molecular weight is 574 g/mol. The van der Waals surface area contributed by atoms with Crippen molar-refractivity contribution < 1.29 is 19.0 Å². The van der Waals surface area contributed by atoms with Crippen LogP contribution in [0.5, 0.6) is 11.5 Å². The van der Waals surface area contributed by atoms with Gasteiger partial charge in [-0.25, -0.2) is 9.79 Å². The van der Waals surface area contributed by atoms with E-state index in [0.29, 0.717) is 42.1 Å². The van der Waals surface area contributed by atoms with Crippen molar-refractivity contribution in [1.29, 1.82) is 5.26 Å². The largest absolute Gasteiger partial charge is 0.493 e. The number of fused-ring (bicyclic) bond motifs is 1. The maximum Gasteiger partial charge on any atom is 0.338 e. The number of carbonyl (C=O) groups excluding carboxylic acids is 1. The molecule has 0 N–H and O–H groups in total. The van der Waals surface area contributed by atoms with E-state index in [9.17, 15) is 9.59 Å². The molecule has 1 aliphatic heterocycles. The van der Waals surface area contributed by atoms with E-state index in [2.05, 4.69) is 20.9 Å². The molecule has 3 heterocycles. The second-order valence-corrected chi connectivity index (χ2v) is 10.1. The first-order chi connectivity index (χ1) is 16.9. The van der Waals surface area contributed by atoms with Gasteiger partial charge in [0.2, 0.25) is 0 Å². The molecule has 1 aromatic carbocycles. The number of ether oxygens (including phenoxy) is 3. The second-order valence-electron chi connectivity index (χ2n) is 7.30. The molecule has 35 heavy (non-hydrogen) atoms. The molecule has 3 aromatic rings. The van der Waals surface area contributed by atoms with Crippen molar-refractivity contribution in [2.75, 3.05) is 20.3 Å². The van der Waals surface area contributed by atoms with Gasteiger partial charge in [0.1, 0.15) is 12.1 Å². The molecular weight excluding hydrogens is 554 g/mol. The van der Waals surface area contributed by atoms with Crippen molar-refractivity contribution in [1.82, 2.24) is 4.57 Å². The number of thiophene rings is 1. The monoisotopic (exact) mass is 573 g/mol. The molecule has 4 rings (SSSR count). The first-order valence-corrected chi connectivity index (χ1v) is 13.0. The van der Waals surface area contributed by atoms with Crippen LogP contribution < -0.4 is 24.4 Å². The van der Waals surface area contributed by atoms with Crippen LogP contribution in [0.15, 0.2) is 55.2 Å². The van der Waals surface area contributed by atoms with Gasteiger partial charge in [0.25, 0.3) is 5.56 Å². The van der Waals surface area contributed by atoms with Crippen LogP contribution in [-0.4, -0.2) is 30.9 Å². The van der Waals surface area contributed by atoms with E-state index in [1.54, 1.807) is 36.6 Å². The maximum atomic E-state index is 13.6. The lowest BCUT2D eigenvalue weighted by atomic mass is 10.0. The van der Waals surface area contributed by atoms with Gasteiger partial charge in [0.05, 0.1) is 34.0 Å². The van der Waals surface area contributed by atoms with Crippen LogP contribution in [0.3, 0.4) is 0 Å². The first-order valence-electron chi connectivity index (χ1n) is 10.5. The van der Waals surface area contributed by atoms with Crippen molar-refractivity contribution in [2.24, 2.45) is 4.99 Å². The molecule has 11 heteroatoms. The van der Waals surface area contributed by atoms with Crippen molar-refractivity contribution >= 4 is 50.6 Å². The van der Waals surface area contributed by atoms with Crippen molar-refractivity contribution in [3.05, 3.63) is 75.5 Å². The van der Waals surface area contributed by atoms with Gasteiger partial charge in [-0.15, -0.1) is 11.3 Å². The highest BCUT2D eigenvalue weighted by Crippen LogP contribution is 2.37. The number of hydrogen-bond acceptors (Lipinski definition) is 9. The standard InChI is InChI=1S/C24H20BrN3O5S2/c1-4-32-23(30)19-13(2)27-24-28(20(19)17-6-5-9-34-17)22(29)18(35-24)12-14-10-15(25)21(33-8-7-26)16(11-14)31-3/h5-6,9-12,20H,4,8H2,1-3H3/b18-12-/t20-/m0/s1. The van der Waals surface area contributed by atoms with Crippen molar-refractivity contribution in [2.45, 2.75) is 19.9 Å². The minimum atomic E-state index is -0.615. The molecule has 0 radical (unpaired) electrons. The van der Waals surface area contributed by atoms with E-state index in [-0.39, 0.29) is 18.8 Å². The van der Waals surface area contributed by atoms with Crippen LogP contribution in [0.2, 0.25) is 0 Å². The minimum absolute atomic E-state index is 0.127. The van der Waals surface area contributed by atoms with Gasteiger partial charge >= 0.3 is 5.97 Å². The summed E-state index contributed by atoms with van der Waals surface area (Å²) in [6, 6.07) is 8.59. The van der Waals surface area contributed by atoms with Gasteiger partial charge in [0, 0.05) is 4.88 Å². The molecule has 1 aliphatic rings. The van der Waals surface area contributed by atoms with Crippen molar-refractivity contribution in [3.8, 4) is 17.6 Å². The van der Waals surface area contributed by atoms with E-state index in [1.165, 1.54) is 29.8 Å². The summed E-state index contributed by atoms with van der Waals surface area (Å²) in [5.74, 6) is 0.341. The lowest BCUT2D eigenvalue weighted by Crippen LogP contribution is -2.39. The maximum absolute atomic E-state index is 13.6. The van der Waals surface area contributed by atoms with E-state index in [0.717, 1.165) is 4.88 Å². The Morgan fingerprint density at radius 2 is 2.20 bits per heavy atom. The molecule has 2 aromatic heterocycles. The SMILES string of the molecule is CCOC(=O)C1=C(C)N=c2s/c(=C\c3cc(Br)c(OCC#N)c(OC)c3)c(=O)n2[C@H]1c1cccs1. The highest BCUT2D eigenvalue weighted by Gasteiger charge is 2.33. The lowest BCUT2D eigenvalue weighted by Gasteiger charge is -2.23. The highest BCUT2D eigenvalue weighted by atomic mass is 79.9. The zero-order valence-electron chi connectivity index (χ0n) is 19.0. The van der Waals surface area contributed by atoms with Gasteiger partial charge in [-0.2, -0.15) is 5.26 Å². The van der Waals surface area contributed by atoms with Crippen LogP contribution in [0.1, 0.15) is 30.3 Å². The Balaban J connectivity index is 1.88. The molecule has 0 saturated carbocycles. The Bertz CT molecular complexity index is 1530.